The van der Waals surface area contributed by atoms with E-state index in [1.807, 2.05) is 0 Å². The molecule has 0 amide bonds. The van der Waals surface area contributed by atoms with Gasteiger partial charge in [-0.3, -0.25) is 0 Å². The minimum absolute atomic E-state index is 0.349. The maximum atomic E-state index is 11.4. The normalized spacial score (nSPS) is 22.9. The molecule has 4 nitrogen and oxygen atoms in total. The monoisotopic (exact) mass is 238 g/mol. The summed E-state index contributed by atoms with van der Waals surface area (Å²) in [6.07, 6.45) is 1.59. The van der Waals surface area contributed by atoms with Crippen LogP contribution >= 0.6 is 0 Å². The molecular formula is C13H18O4. The molecule has 0 aromatic carbocycles. The van der Waals surface area contributed by atoms with E-state index in [1.54, 1.807) is 13.8 Å². The Labute approximate surface area is 101 Å². The molecule has 0 N–H and O–H groups in total. The summed E-state index contributed by atoms with van der Waals surface area (Å²) in [6.45, 7) is 10.2. The first-order chi connectivity index (χ1) is 7.91. The number of hydrogen-bond acceptors (Lipinski definition) is 4. The Morgan fingerprint density at radius 3 is 1.59 bits per heavy atom. The van der Waals surface area contributed by atoms with Crippen LogP contribution in [0.1, 0.15) is 33.1 Å². The Morgan fingerprint density at radius 2 is 1.29 bits per heavy atom. The second-order valence-corrected chi connectivity index (χ2v) is 4.38. The van der Waals surface area contributed by atoms with E-state index in [4.69, 9.17) is 9.47 Å². The third-order valence-corrected chi connectivity index (χ3v) is 2.61. The Kier molecular flexibility index (Phi) is 4.49. The van der Waals surface area contributed by atoms with E-state index in [9.17, 15) is 9.59 Å². The lowest BCUT2D eigenvalue weighted by molar-refractivity contribution is -0.160. The molecule has 1 aliphatic carbocycles. The zero-order chi connectivity index (χ0) is 13.0. The van der Waals surface area contributed by atoms with E-state index in [2.05, 4.69) is 13.2 Å². The van der Waals surface area contributed by atoms with Gasteiger partial charge in [0.25, 0.3) is 0 Å². The standard InChI is InChI=1S/C13H18O4/c1-8(2)12(14)16-10-6-5-7-11(10)17-13(15)9(3)4/h10-11H,1,3,5-7H2,2,4H3. The highest BCUT2D eigenvalue weighted by Gasteiger charge is 2.33. The molecule has 0 saturated heterocycles. The molecule has 1 saturated carbocycles. The molecule has 2 unspecified atom stereocenters. The van der Waals surface area contributed by atoms with E-state index in [0.717, 1.165) is 6.42 Å². The molecule has 0 heterocycles. The first-order valence-corrected chi connectivity index (χ1v) is 5.64. The van der Waals surface area contributed by atoms with Crippen LogP contribution in [0.4, 0.5) is 0 Å². The minimum atomic E-state index is -0.437. The lowest BCUT2D eigenvalue weighted by Gasteiger charge is -2.20. The van der Waals surface area contributed by atoms with Crippen molar-refractivity contribution in [1.29, 1.82) is 0 Å². The zero-order valence-corrected chi connectivity index (χ0v) is 10.3. The van der Waals surface area contributed by atoms with Gasteiger partial charge < -0.3 is 9.47 Å². The molecule has 0 aliphatic heterocycles. The van der Waals surface area contributed by atoms with Crippen LogP contribution in [-0.2, 0) is 19.1 Å². The average Bonchev–Trinajstić information content (AvgIpc) is 2.65. The lowest BCUT2D eigenvalue weighted by Crippen LogP contribution is -2.31. The van der Waals surface area contributed by atoms with Gasteiger partial charge in [0, 0.05) is 11.1 Å². The maximum Gasteiger partial charge on any atom is 0.333 e. The van der Waals surface area contributed by atoms with E-state index < -0.39 is 11.9 Å². The van der Waals surface area contributed by atoms with Gasteiger partial charge in [0.15, 0.2) is 0 Å². The second kappa shape index (κ2) is 5.66. The van der Waals surface area contributed by atoms with E-state index in [1.165, 1.54) is 0 Å². The molecule has 0 aromatic rings. The van der Waals surface area contributed by atoms with Gasteiger partial charge >= 0.3 is 11.9 Å². The Hall–Kier alpha value is -1.58. The van der Waals surface area contributed by atoms with Crippen LogP contribution in [-0.4, -0.2) is 24.1 Å². The highest BCUT2D eigenvalue weighted by molar-refractivity contribution is 5.88. The smallest absolute Gasteiger partial charge is 0.333 e. The second-order valence-electron chi connectivity index (χ2n) is 4.38. The molecule has 4 heteroatoms. The molecule has 17 heavy (non-hydrogen) atoms. The molecule has 1 rings (SSSR count). The molecule has 2 atom stereocenters. The molecular weight excluding hydrogens is 220 g/mol. The van der Waals surface area contributed by atoms with Crippen molar-refractivity contribution in [2.24, 2.45) is 0 Å². The third kappa shape index (κ3) is 3.73. The van der Waals surface area contributed by atoms with Gasteiger partial charge in [-0.2, -0.15) is 0 Å². The molecule has 0 radical (unpaired) electrons. The van der Waals surface area contributed by atoms with Crippen molar-refractivity contribution < 1.29 is 19.1 Å². The molecule has 94 valence electrons. The van der Waals surface area contributed by atoms with Crippen molar-refractivity contribution in [3.8, 4) is 0 Å². The zero-order valence-electron chi connectivity index (χ0n) is 10.3. The largest absolute Gasteiger partial charge is 0.455 e. The highest BCUT2D eigenvalue weighted by atomic mass is 16.6. The van der Waals surface area contributed by atoms with Crippen LogP contribution in [0.25, 0.3) is 0 Å². The molecule has 1 aliphatic rings. The van der Waals surface area contributed by atoms with Gasteiger partial charge in [0.2, 0.25) is 0 Å². The summed E-state index contributed by atoms with van der Waals surface area (Å²) in [5, 5.41) is 0. The fraction of sp³-hybridized carbons (Fsp3) is 0.538. The number of carbonyl (C=O) groups excluding carboxylic acids is 2. The van der Waals surface area contributed by atoms with E-state index in [0.29, 0.717) is 24.0 Å². The van der Waals surface area contributed by atoms with Crippen molar-refractivity contribution in [2.75, 3.05) is 0 Å². The number of rotatable bonds is 4. The quantitative estimate of drug-likeness (QED) is 0.556. The van der Waals surface area contributed by atoms with Crippen LogP contribution in [0.5, 0.6) is 0 Å². The fourth-order valence-electron chi connectivity index (χ4n) is 1.64. The van der Waals surface area contributed by atoms with Crippen molar-refractivity contribution in [3.63, 3.8) is 0 Å². The van der Waals surface area contributed by atoms with Crippen LogP contribution < -0.4 is 0 Å². The molecule has 0 spiro atoms. The van der Waals surface area contributed by atoms with Gasteiger partial charge in [-0.1, -0.05) is 13.2 Å². The van der Waals surface area contributed by atoms with Gasteiger partial charge in [0.1, 0.15) is 12.2 Å². The Bertz CT molecular complexity index is 322. The van der Waals surface area contributed by atoms with Gasteiger partial charge in [-0.15, -0.1) is 0 Å². The summed E-state index contributed by atoms with van der Waals surface area (Å²) in [5.41, 5.74) is 0.698. The predicted octanol–water partition coefficient (Wildman–Crippen LogP) is 2.15. The SMILES string of the molecule is C=C(C)C(=O)OC1CCCC1OC(=O)C(=C)C. The average molecular weight is 238 g/mol. The number of carbonyl (C=O) groups is 2. The first-order valence-electron chi connectivity index (χ1n) is 5.64. The van der Waals surface area contributed by atoms with Crippen LogP contribution in [0.3, 0.4) is 0 Å². The highest BCUT2D eigenvalue weighted by Crippen LogP contribution is 2.26. The lowest BCUT2D eigenvalue weighted by atomic mass is 10.2. The predicted molar refractivity (Wildman–Crippen MR) is 63.2 cm³/mol. The molecule has 0 aromatic heterocycles. The number of hydrogen-bond donors (Lipinski definition) is 0. The topological polar surface area (TPSA) is 52.6 Å². The van der Waals surface area contributed by atoms with Crippen molar-refractivity contribution in [2.45, 2.75) is 45.3 Å². The summed E-state index contributed by atoms with van der Waals surface area (Å²) in [5.74, 6) is -0.874. The summed E-state index contributed by atoms with van der Waals surface area (Å²) >= 11 is 0. The van der Waals surface area contributed by atoms with Crippen LogP contribution in [0, 0.1) is 0 Å². The van der Waals surface area contributed by atoms with Crippen molar-refractivity contribution in [1.82, 2.24) is 0 Å². The number of ether oxygens (including phenoxy) is 2. The van der Waals surface area contributed by atoms with E-state index >= 15 is 0 Å². The summed E-state index contributed by atoms with van der Waals surface area (Å²) in [4.78, 5) is 22.8. The van der Waals surface area contributed by atoms with Crippen molar-refractivity contribution in [3.05, 3.63) is 24.3 Å². The minimum Gasteiger partial charge on any atom is -0.455 e. The summed E-state index contributed by atoms with van der Waals surface area (Å²) in [7, 11) is 0. The fourth-order valence-corrected chi connectivity index (χ4v) is 1.64. The van der Waals surface area contributed by atoms with Crippen LogP contribution in [0.15, 0.2) is 24.3 Å². The maximum absolute atomic E-state index is 11.4. The molecule has 1 fully saturated rings. The Morgan fingerprint density at radius 1 is 0.941 bits per heavy atom. The molecule has 0 bridgehead atoms. The van der Waals surface area contributed by atoms with E-state index in [-0.39, 0.29) is 12.2 Å². The van der Waals surface area contributed by atoms with Gasteiger partial charge in [-0.05, 0) is 33.1 Å². The van der Waals surface area contributed by atoms with Crippen LogP contribution in [0.2, 0.25) is 0 Å². The number of esters is 2. The summed E-state index contributed by atoms with van der Waals surface area (Å²) in [6, 6.07) is 0. The summed E-state index contributed by atoms with van der Waals surface area (Å²) < 4.78 is 10.4. The van der Waals surface area contributed by atoms with Crippen molar-refractivity contribution >= 4 is 11.9 Å². The van der Waals surface area contributed by atoms with Gasteiger partial charge in [0.05, 0.1) is 0 Å². The first kappa shape index (κ1) is 13.5. The Balaban J connectivity index is 2.55. The third-order valence-electron chi connectivity index (χ3n) is 2.61. The van der Waals surface area contributed by atoms with Gasteiger partial charge in [-0.25, -0.2) is 9.59 Å².